The second-order valence-electron chi connectivity index (χ2n) is 5.77. The molecule has 0 atom stereocenters. The van der Waals surface area contributed by atoms with Crippen LogP contribution in [-0.2, 0) is 6.42 Å². The van der Waals surface area contributed by atoms with Gasteiger partial charge in [0.25, 0.3) is 5.91 Å². The minimum Gasteiger partial charge on any atom is -0.339 e. The molecule has 5 heteroatoms. The maximum Gasteiger partial charge on any atom is 0.274 e. The van der Waals surface area contributed by atoms with E-state index in [1.165, 1.54) is 5.56 Å². The van der Waals surface area contributed by atoms with Crippen LogP contribution in [0.3, 0.4) is 0 Å². The Labute approximate surface area is 144 Å². The Balaban J connectivity index is 2.04. The smallest absolute Gasteiger partial charge is 0.274 e. The molecule has 1 aromatic heterocycles. The normalized spacial score (nSPS) is 10.5. The summed E-state index contributed by atoms with van der Waals surface area (Å²) >= 11 is 0. The molecule has 0 saturated heterocycles. The number of carbonyl (C=O) groups excluding carboxylic acids is 1. The summed E-state index contributed by atoms with van der Waals surface area (Å²) in [6, 6.07) is 11.7. The van der Waals surface area contributed by atoms with Gasteiger partial charge < -0.3 is 10.2 Å². The lowest BCUT2D eigenvalue weighted by atomic mass is 10.1. The van der Waals surface area contributed by atoms with Crippen LogP contribution in [0.4, 0.5) is 11.5 Å². The first-order valence-corrected chi connectivity index (χ1v) is 8.66. The summed E-state index contributed by atoms with van der Waals surface area (Å²) in [7, 11) is 0. The van der Waals surface area contributed by atoms with Crippen molar-refractivity contribution in [1.29, 1.82) is 0 Å². The van der Waals surface area contributed by atoms with Crippen LogP contribution in [0, 0.1) is 0 Å². The third-order valence-corrected chi connectivity index (χ3v) is 3.79. The number of benzene rings is 1. The van der Waals surface area contributed by atoms with Crippen LogP contribution in [0.2, 0.25) is 0 Å². The molecule has 1 N–H and O–H groups in total. The largest absolute Gasteiger partial charge is 0.339 e. The van der Waals surface area contributed by atoms with Gasteiger partial charge in [-0.25, -0.2) is 0 Å². The molecular weight excluding hydrogens is 300 g/mol. The first-order chi connectivity index (χ1) is 11.7. The fourth-order valence-corrected chi connectivity index (χ4v) is 2.50. The molecule has 0 aliphatic heterocycles. The Kier molecular flexibility index (Phi) is 6.73. The lowest BCUT2D eigenvalue weighted by molar-refractivity contribution is 0.0748. The van der Waals surface area contributed by atoms with Crippen LogP contribution in [0.15, 0.2) is 36.4 Å². The highest BCUT2D eigenvalue weighted by Crippen LogP contribution is 2.15. The lowest BCUT2D eigenvalue weighted by Gasteiger charge is -2.20. The van der Waals surface area contributed by atoms with E-state index in [2.05, 4.69) is 48.4 Å². The van der Waals surface area contributed by atoms with Gasteiger partial charge in [-0.3, -0.25) is 4.79 Å². The van der Waals surface area contributed by atoms with E-state index < -0.39 is 0 Å². The van der Waals surface area contributed by atoms with Crippen molar-refractivity contribution in [3.8, 4) is 0 Å². The highest BCUT2D eigenvalue weighted by molar-refractivity contribution is 5.92. The van der Waals surface area contributed by atoms with E-state index in [1.54, 1.807) is 12.1 Å². The van der Waals surface area contributed by atoms with Gasteiger partial charge in [-0.15, -0.1) is 10.2 Å². The second kappa shape index (κ2) is 9.01. The molecule has 1 amide bonds. The van der Waals surface area contributed by atoms with Gasteiger partial charge in [0.2, 0.25) is 0 Å². The van der Waals surface area contributed by atoms with Crippen LogP contribution >= 0.6 is 0 Å². The number of nitrogens with zero attached hydrogens (tertiary/aromatic N) is 3. The first-order valence-electron chi connectivity index (χ1n) is 8.66. The van der Waals surface area contributed by atoms with Gasteiger partial charge >= 0.3 is 0 Å². The summed E-state index contributed by atoms with van der Waals surface area (Å²) in [4.78, 5) is 14.3. The van der Waals surface area contributed by atoms with E-state index >= 15 is 0 Å². The molecule has 0 bridgehead atoms. The number of hydrogen-bond donors (Lipinski definition) is 1. The molecular formula is C19H26N4O. The van der Waals surface area contributed by atoms with Crippen LogP contribution in [0.25, 0.3) is 0 Å². The summed E-state index contributed by atoms with van der Waals surface area (Å²) in [5.41, 5.74) is 2.64. The summed E-state index contributed by atoms with van der Waals surface area (Å²) < 4.78 is 0. The molecule has 24 heavy (non-hydrogen) atoms. The molecule has 0 aliphatic carbocycles. The molecule has 0 saturated carbocycles. The zero-order valence-corrected chi connectivity index (χ0v) is 14.7. The Bertz CT molecular complexity index is 631. The summed E-state index contributed by atoms with van der Waals surface area (Å²) in [6.45, 7) is 7.76. The minimum atomic E-state index is -0.0509. The molecule has 1 heterocycles. The molecule has 0 spiro atoms. The molecule has 0 fully saturated rings. The lowest BCUT2D eigenvalue weighted by Crippen LogP contribution is -2.33. The standard InChI is InChI=1S/C19H26N4O/c1-4-13-23(14-5-2)19(24)17-11-12-18(22-21-17)20-16-9-7-15(6-3)8-10-16/h7-12H,4-6,13-14H2,1-3H3,(H,20,22). The fourth-order valence-electron chi connectivity index (χ4n) is 2.50. The molecule has 0 unspecified atom stereocenters. The number of nitrogens with one attached hydrogen (secondary N) is 1. The van der Waals surface area contributed by atoms with Crippen molar-refractivity contribution in [2.45, 2.75) is 40.0 Å². The summed E-state index contributed by atoms with van der Waals surface area (Å²) in [5.74, 6) is 0.582. The monoisotopic (exact) mass is 326 g/mol. The average Bonchev–Trinajstić information content (AvgIpc) is 2.62. The number of amides is 1. The zero-order valence-electron chi connectivity index (χ0n) is 14.7. The number of anilines is 2. The molecule has 2 aromatic rings. The Morgan fingerprint density at radius 2 is 1.62 bits per heavy atom. The van der Waals surface area contributed by atoms with Crippen molar-refractivity contribution < 1.29 is 4.79 Å². The van der Waals surface area contributed by atoms with E-state index in [1.807, 2.05) is 17.0 Å². The van der Waals surface area contributed by atoms with Crippen LogP contribution in [-0.4, -0.2) is 34.1 Å². The van der Waals surface area contributed by atoms with Crippen molar-refractivity contribution in [1.82, 2.24) is 15.1 Å². The number of aromatic nitrogens is 2. The van der Waals surface area contributed by atoms with Gasteiger partial charge in [0, 0.05) is 18.8 Å². The third kappa shape index (κ3) is 4.78. The van der Waals surface area contributed by atoms with Gasteiger partial charge in [0.1, 0.15) is 0 Å². The van der Waals surface area contributed by atoms with E-state index in [4.69, 9.17) is 0 Å². The van der Waals surface area contributed by atoms with Crippen LogP contribution < -0.4 is 5.32 Å². The maximum absolute atomic E-state index is 12.5. The number of hydrogen-bond acceptors (Lipinski definition) is 4. The number of carbonyl (C=O) groups is 1. The minimum absolute atomic E-state index is 0.0509. The highest BCUT2D eigenvalue weighted by atomic mass is 16.2. The maximum atomic E-state index is 12.5. The van der Waals surface area contributed by atoms with E-state index in [9.17, 15) is 4.79 Å². The molecule has 5 nitrogen and oxygen atoms in total. The molecule has 0 aliphatic rings. The Morgan fingerprint density at radius 3 is 2.12 bits per heavy atom. The molecule has 0 radical (unpaired) electrons. The number of aryl methyl sites for hydroxylation is 1. The van der Waals surface area contributed by atoms with Crippen molar-refractivity contribution in [2.24, 2.45) is 0 Å². The third-order valence-electron chi connectivity index (χ3n) is 3.79. The van der Waals surface area contributed by atoms with E-state index in [0.29, 0.717) is 11.5 Å². The van der Waals surface area contributed by atoms with Crippen molar-refractivity contribution >= 4 is 17.4 Å². The van der Waals surface area contributed by atoms with Crippen LogP contribution in [0.1, 0.15) is 49.7 Å². The molecule has 128 valence electrons. The Morgan fingerprint density at radius 1 is 0.958 bits per heavy atom. The first kappa shape index (κ1) is 17.9. The van der Waals surface area contributed by atoms with Gasteiger partial charge in [0.05, 0.1) is 0 Å². The van der Waals surface area contributed by atoms with E-state index in [-0.39, 0.29) is 5.91 Å². The van der Waals surface area contributed by atoms with Gasteiger partial charge in [-0.1, -0.05) is 32.9 Å². The zero-order chi connectivity index (χ0) is 17.4. The predicted octanol–water partition coefficient (Wildman–Crippen LogP) is 4.04. The van der Waals surface area contributed by atoms with Crippen molar-refractivity contribution in [3.63, 3.8) is 0 Å². The summed E-state index contributed by atoms with van der Waals surface area (Å²) in [6.07, 6.45) is 2.89. The number of rotatable bonds is 8. The second-order valence-corrected chi connectivity index (χ2v) is 5.77. The van der Waals surface area contributed by atoms with E-state index in [0.717, 1.165) is 38.0 Å². The van der Waals surface area contributed by atoms with Gasteiger partial charge in [-0.2, -0.15) is 0 Å². The van der Waals surface area contributed by atoms with Crippen molar-refractivity contribution in [3.05, 3.63) is 47.7 Å². The van der Waals surface area contributed by atoms with Gasteiger partial charge in [-0.05, 0) is 49.1 Å². The molecule has 1 aromatic carbocycles. The Hall–Kier alpha value is -2.43. The SMILES string of the molecule is CCCN(CCC)C(=O)c1ccc(Nc2ccc(CC)cc2)nn1. The van der Waals surface area contributed by atoms with Crippen molar-refractivity contribution in [2.75, 3.05) is 18.4 Å². The topological polar surface area (TPSA) is 58.1 Å². The average molecular weight is 326 g/mol. The van der Waals surface area contributed by atoms with Crippen LogP contribution in [0.5, 0.6) is 0 Å². The predicted molar refractivity (Wildman–Crippen MR) is 97.6 cm³/mol. The fraction of sp³-hybridized carbons (Fsp3) is 0.421. The molecule has 2 rings (SSSR count). The van der Waals surface area contributed by atoms with Gasteiger partial charge in [0.15, 0.2) is 11.5 Å². The quantitative estimate of drug-likeness (QED) is 0.795. The highest BCUT2D eigenvalue weighted by Gasteiger charge is 2.16. The summed E-state index contributed by atoms with van der Waals surface area (Å²) in [5, 5.41) is 11.4.